The molecule has 0 heterocycles. The van der Waals surface area contributed by atoms with Gasteiger partial charge in [-0.05, 0) is 26.8 Å². The highest BCUT2D eigenvalue weighted by Gasteiger charge is 2.31. The van der Waals surface area contributed by atoms with E-state index < -0.39 is 8.56 Å². The average Bonchev–Trinajstić information content (AvgIpc) is 2.04. The normalized spacial score (nSPS) is 17.1. The van der Waals surface area contributed by atoms with Gasteiger partial charge in [0.05, 0.1) is 0 Å². The summed E-state index contributed by atoms with van der Waals surface area (Å²) < 4.78 is 11.6. The largest absolute Gasteiger partial charge is 0.394 e. The first-order valence-corrected chi connectivity index (χ1v) is 7.64. The van der Waals surface area contributed by atoms with Crippen LogP contribution in [-0.2, 0) is 8.85 Å². The maximum atomic E-state index is 5.93. The molecule has 0 aliphatic heterocycles. The van der Waals surface area contributed by atoms with Crippen LogP contribution in [0.25, 0.3) is 0 Å². The van der Waals surface area contributed by atoms with Gasteiger partial charge in [0.2, 0.25) is 0 Å². The van der Waals surface area contributed by atoms with Gasteiger partial charge in [-0.3, -0.25) is 0 Å². The van der Waals surface area contributed by atoms with E-state index in [0.29, 0.717) is 6.61 Å². The molecular formula is C11H22O2Si. The van der Waals surface area contributed by atoms with E-state index in [9.17, 15) is 0 Å². The van der Waals surface area contributed by atoms with Crippen molar-refractivity contribution >= 4 is 8.56 Å². The van der Waals surface area contributed by atoms with Crippen LogP contribution in [0.3, 0.4) is 0 Å². The highest BCUT2D eigenvalue weighted by Crippen LogP contribution is 2.17. The van der Waals surface area contributed by atoms with E-state index in [-0.39, 0.29) is 6.10 Å². The molecule has 0 fully saturated rings. The fraction of sp³-hybridized carbons (Fsp3) is 0.636. The smallest absolute Gasteiger partial charge is 0.339 e. The topological polar surface area (TPSA) is 18.5 Å². The zero-order valence-electron chi connectivity index (χ0n) is 9.58. The number of rotatable bonds is 8. The van der Waals surface area contributed by atoms with Crippen LogP contribution in [0, 0.1) is 0 Å². The summed E-state index contributed by atoms with van der Waals surface area (Å²) in [6.07, 6.45) is 4.81. The lowest BCUT2D eigenvalue weighted by Gasteiger charge is -2.28. The van der Waals surface area contributed by atoms with Gasteiger partial charge in [0, 0.05) is 18.8 Å². The Kier molecular flexibility index (Phi) is 6.79. The van der Waals surface area contributed by atoms with Crippen LogP contribution in [0.1, 0.15) is 20.3 Å². The summed E-state index contributed by atoms with van der Waals surface area (Å²) in [5.41, 5.74) is 0. The van der Waals surface area contributed by atoms with Crippen molar-refractivity contribution in [3.05, 3.63) is 25.3 Å². The van der Waals surface area contributed by atoms with Gasteiger partial charge in [0.25, 0.3) is 0 Å². The summed E-state index contributed by atoms with van der Waals surface area (Å²) in [7, 11) is -2.02. The SMILES string of the molecule is C=CCC(C)O[Si](C)(CC=C)OCC. The third kappa shape index (κ3) is 5.37. The van der Waals surface area contributed by atoms with Crippen LogP contribution in [0.15, 0.2) is 25.3 Å². The molecule has 82 valence electrons. The molecule has 0 N–H and O–H groups in total. The molecule has 2 atom stereocenters. The molecule has 14 heavy (non-hydrogen) atoms. The molecular weight excluding hydrogens is 192 g/mol. The lowest BCUT2D eigenvalue weighted by molar-refractivity contribution is 0.134. The number of hydrogen-bond donors (Lipinski definition) is 0. The van der Waals surface area contributed by atoms with E-state index in [2.05, 4.69) is 26.6 Å². The Morgan fingerprint density at radius 3 is 2.43 bits per heavy atom. The molecule has 0 saturated carbocycles. The summed E-state index contributed by atoms with van der Waals surface area (Å²) in [4.78, 5) is 0. The second kappa shape index (κ2) is 6.98. The van der Waals surface area contributed by atoms with Crippen LogP contribution >= 0.6 is 0 Å². The Hall–Kier alpha value is -0.383. The summed E-state index contributed by atoms with van der Waals surface area (Å²) in [5.74, 6) is 0. The summed E-state index contributed by atoms with van der Waals surface area (Å²) in [6.45, 7) is 14.3. The van der Waals surface area contributed by atoms with Crippen molar-refractivity contribution in [2.24, 2.45) is 0 Å². The van der Waals surface area contributed by atoms with E-state index in [1.807, 2.05) is 19.1 Å². The predicted molar refractivity (Wildman–Crippen MR) is 63.6 cm³/mol. The number of hydrogen-bond acceptors (Lipinski definition) is 2. The summed E-state index contributed by atoms with van der Waals surface area (Å²) in [5, 5.41) is 0. The molecule has 2 nitrogen and oxygen atoms in total. The van der Waals surface area contributed by atoms with Crippen molar-refractivity contribution < 1.29 is 8.85 Å². The minimum atomic E-state index is -2.02. The van der Waals surface area contributed by atoms with Crippen molar-refractivity contribution in [1.82, 2.24) is 0 Å². The Balaban J connectivity index is 4.18. The Morgan fingerprint density at radius 2 is 2.00 bits per heavy atom. The van der Waals surface area contributed by atoms with Gasteiger partial charge in [0.15, 0.2) is 0 Å². The molecule has 0 saturated heterocycles. The molecule has 3 heteroatoms. The van der Waals surface area contributed by atoms with Gasteiger partial charge in [-0.25, -0.2) is 0 Å². The molecule has 0 amide bonds. The van der Waals surface area contributed by atoms with Crippen molar-refractivity contribution in [3.8, 4) is 0 Å². The van der Waals surface area contributed by atoms with E-state index in [0.717, 1.165) is 12.5 Å². The molecule has 0 bridgehead atoms. The van der Waals surface area contributed by atoms with Gasteiger partial charge in [-0.2, -0.15) is 0 Å². The maximum Gasteiger partial charge on any atom is 0.339 e. The fourth-order valence-corrected chi connectivity index (χ4v) is 3.78. The Morgan fingerprint density at radius 1 is 1.36 bits per heavy atom. The van der Waals surface area contributed by atoms with Crippen molar-refractivity contribution in [2.75, 3.05) is 6.61 Å². The average molecular weight is 214 g/mol. The van der Waals surface area contributed by atoms with Crippen molar-refractivity contribution in [3.63, 3.8) is 0 Å². The quantitative estimate of drug-likeness (QED) is 0.456. The fourth-order valence-electron chi connectivity index (χ4n) is 1.42. The number of allylic oxidation sites excluding steroid dienone is 1. The summed E-state index contributed by atoms with van der Waals surface area (Å²) >= 11 is 0. The van der Waals surface area contributed by atoms with Gasteiger partial charge in [-0.1, -0.05) is 12.2 Å². The Labute approximate surface area is 88.9 Å². The lowest BCUT2D eigenvalue weighted by atomic mass is 10.3. The molecule has 0 aliphatic carbocycles. The molecule has 0 aromatic rings. The highest BCUT2D eigenvalue weighted by molar-refractivity contribution is 6.66. The minimum absolute atomic E-state index is 0.190. The highest BCUT2D eigenvalue weighted by atomic mass is 28.4. The molecule has 0 aromatic carbocycles. The molecule has 0 aliphatic rings. The first kappa shape index (κ1) is 13.6. The third-order valence-electron chi connectivity index (χ3n) is 1.91. The maximum absolute atomic E-state index is 5.93. The van der Waals surface area contributed by atoms with Crippen LogP contribution in [0.5, 0.6) is 0 Å². The monoisotopic (exact) mass is 214 g/mol. The first-order valence-electron chi connectivity index (χ1n) is 5.11. The van der Waals surface area contributed by atoms with Gasteiger partial charge in [0.1, 0.15) is 0 Å². The van der Waals surface area contributed by atoms with E-state index in [1.165, 1.54) is 0 Å². The zero-order chi connectivity index (χ0) is 11.0. The summed E-state index contributed by atoms with van der Waals surface area (Å²) in [6, 6.07) is 0.836. The Bertz CT molecular complexity index is 182. The molecule has 0 rings (SSSR count). The molecule has 0 aromatic heterocycles. The second-order valence-corrected chi connectivity index (χ2v) is 6.71. The second-order valence-electron chi connectivity index (χ2n) is 3.51. The van der Waals surface area contributed by atoms with E-state index >= 15 is 0 Å². The van der Waals surface area contributed by atoms with Crippen LogP contribution < -0.4 is 0 Å². The third-order valence-corrected chi connectivity index (χ3v) is 4.74. The van der Waals surface area contributed by atoms with Gasteiger partial charge in [-0.15, -0.1) is 13.2 Å². The molecule has 0 spiro atoms. The van der Waals surface area contributed by atoms with Crippen LogP contribution in [0.4, 0.5) is 0 Å². The minimum Gasteiger partial charge on any atom is -0.394 e. The van der Waals surface area contributed by atoms with Gasteiger partial charge < -0.3 is 8.85 Å². The van der Waals surface area contributed by atoms with Crippen LogP contribution in [-0.4, -0.2) is 21.3 Å². The zero-order valence-corrected chi connectivity index (χ0v) is 10.6. The molecule has 2 unspecified atom stereocenters. The van der Waals surface area contributed by atoms with Crippen LogP contribution in [0.2, 0.25) is 12.6 Å². The molecule has 0 radical (unpaired) electrons. The first-order chi connectivity index (χ1) is 6.58. The van der Waals surface area contributed by atoms with E-state index in [4.69, 9.17) is 8.85 Å². The van der Waals surface area contributed by atoms with Gasteiger partial charge >= 0.3 is 8.56 Å². The van der Waals surface area contributed by atoms with E-state index in [1.54, 1.807) is 0 Å². The van der Waals surface area contributed by atoms with Crippen molar-refractivity contribution in [1.29, 1.82) is 0 Å². The predicted octanol–water partition coefficient (Wildman–Crippen LogP) is 3.26. The van der Waals surface area contributed by atoms with Crippen molar-refractivity contribution in [2.45, 2.75) is 39.0 Å². The lowest BCUT2D eigenvalue weighted by Crippen LogP contribution is -2.40. The standard InChI is InChI=1S/C11H22O2Si/c1-6-9-11(4)13-14(5,10-7-2)12-8-3/h6-7,11H,1-2,8-10H2,3-5H3.